The first-order valence-corrected chi connectivity index (χ1v) is 8.20. The molecule has 0 spiro atoms. The van der Waals surface area contributed by atoms with Gasteiger partial charge in [0.15, 0.2) is 0 Å². The molecular formula is C15H22N4O3S. The standard InChI is InChI=1S/C15H22N4O3S/c1-9(8-10(20)11-6-5-7-22-11)16-13(21)17-14-19-18-12(23-14)15(2,3)4/h5-7,9-10,20H,8H2,1-4H3,(H2,16,17,19,21). The number of furan rings is 1. The van der Waals surface area contributed by atoms with Crippen molar-refractivity contribution in [2.75, 3.05) is 5.32 Å². The first-order chi connectivity index (χ1) is 10.8. The molecule has 2 amide bonds. The summed E-state index contributed by atoms with van der Waals surface area (Å²) in [5, 5.41) is 24.8. The number of urea groups is 1. The van der Waals surface area contributed by atoms with Crippen LogP contribution in [0.15, 0.2) is 22.8 Å². The summed E-state index contributed by atoms with van der Waals surface area (Å²) >= 11 is 1.35. The lowest BCUT2D eigenvalue weighted by molar-refractivity contribution is 0.130. The maximum atomic E-state index is 12.0. The van der Waals surface area contributed by atoms with E-state index in [9.17, 15) is 9.90 Å². The fourth-order valence-electron chi connectivity index (χ4n) is 1.92. The highest BCUT2D eigenvalue weighted by Gasteiger charge is 2.21. The summed E-state index contributed by atoms with van der Waals surface area (Å²) in [4.78, 5) is 12.0. The zero-order valence-electron chi connectivity index (χ0n) is 13.7. The van der Waals surface area contributed by atoms with Gasteiger partial charge in [0.2, 0.25) is 5.13 Å². The van der Waals surface area contributed by atoms with Crippen molar-refractivity contribution in [3.63, 3.8) is 0 Å². The van der Waals surface area contributed by atoms with Crippen molar-refractivity contribution in [2.24, 2.45) is 0 Å². The Balaban J connectivity index is 1.83. The number of aliphatic hydroxyl groups excluding tert-OH is 1. The molecule has 126 valence electrons. The van der Waals surface area contributed by atoms with Crippen molar-refractivity contribution >= 4 is 22.5 Å². The number of hydrogen-bond acceptors (Lipinski definition) is 6. The normalized spacial score (nSPS) is 14.3. The zero-order chi connectivity index (χ0) is 17.0. The highest BCUT2D eigenvalue weighted by atomic mass is 32.1. The molecule has 2 aromatic heterocycles. The van der Waals surface area contributed by atoms with E-state index >= 15 is 0 Å². The van der Waals surface area contributed by atoms with Crippen molar-refractivity contribution in [1.82, 2.24) is 15.5 Å². The largest absolute Gasteiger partial charge is 0.467 e. The first kappa shape index (κ1) is 17.4. The summed E-state index contributed by atoms with van der Waals surface area (Å²) in [5.41, 5.74) is -0.103. The maximum Gasteiger partial charge on any atom is 0.321 e. The van der Waals surface area contributed by atoms with Crippen LogP contribution in [0.2, 0.25) is 0 Å². The molecule has 0 aromatic carbocycles. The molecule has 0 saturated carbocycles. The smallest absolute Gasteiger partial charge is 0.321 e. The van der Waals surface area contributed by atoms with Gasteiger partial charge in [-0.05, 0) is 19.1 Å². The number of amides is 2. The van der Waals surface area contributed by atoms with E-state index in [0.29, 0.717) is 17.3 Å². The van der Waals surface area contributed by atoms with Crippen molar-refractivity contribution in [3.05, 3.63) is 29.2 Å². The van der Waals surface area contributed by atoms with E-state index in [4.69, 9.17) is 4.42 Å². The highest BCUT2D eigenvalue weighted by molar-refractivity contribution is 7.15. The quantitative estimate of drug-likeness (QED) is 0.778. The minimum absolute atomic E-state index is 0.103. The number of nitrogens with one attached hydrogen (secondary N) is 2. The summed E-state index contributed by atoms with van der Waals surface area (Å²) in [6, 6.07) is 2.81. The van der Waals surface area contributed by atoms with Gasteiger partial charge in [0.1, 0.15) is 16.9 Å². The summed E-state index contributed by atoms with van der Waals surface area (Å²) in [7, 11) is 0. The minimum atomic E-state index is -0.755. The van der Waals surface area contributed by atoms with Crippen LogP contribution in [-0.4, -0.2) is 27.4 Å². The van der Waals surface area contributed by atoms with Gasteiger partial charge in [0.05, 0.1) is 6.26 Å². The zero-order valence-corrected chi connectivity index (χ0v) is 14.5. The van der Waals surface area contributed by atoms with Gasteiger partial charge >= 0.3 is 6.03 Å². The molecular weight excluding hydrogens is 316 g/mol. The molecule has 0 radical (unpaired) electrons. The van der Waals surface area contributed by atoms with Crippen LogP contribution in [0.4, 0.5) is 9.93 Å². The van der Waals surface area contributed by atoms with Gasteiger partial charge in [-0.25, -0.2) is 4.79 Å². The molecule has 3 N–H and O–H groups in total. The van der Waals surface area contributed by atoms with E-state index in [-0.39, 0.29) is 17.5 Å². The van der Waals surface area contributed by atoms with Gasteiger partial charge in [-0.3, -0.25) is 5.32 Å². The fraction of sp³-hybridized carbons (Fsp3) is 0.533. The number of aromatic nitrogens is 2. The second-order valence-corrected chi connectivity index (χ2v) is 7.41. The van der Waals surface area contributed by atoms with Crippen molar-refractivity contribution < 1.29 is 14.3 Å². The molecule has 2 heterocycles. The lowest BCUT2D eigenvalue weighted by Gasteiger charge is -2.16. The number of aliphatic hydroxyl groups is 1. The third kappa shape index (κ3) is 5.04. The fourth-order valence-corrected chi connectivity index (χ4v) is 2.72. The summed E-state index contributed by atoms with van der Waals surface area (Å²) < 4.78 is 5.14. The molecule has 0 aliphatic carbocycles. The Bertz CT molecular complexity index is 633. The number of nitrogens with zero attached hydrogens (tertiary/aromatic N) is 2. The topological polar surface area (TPSA) is 100 Å². The molecule has 2 rings (SSSR count). The average Bonchev–Trinajstić information content (AvgIpc) is 3.07. The number of anilines is 1. The SMILES string of the molecule is CC(CC(O)c1ccco1)NC(=O)Nc1nnc(C(C)(C)C)s1. The Morgan fingerprint density at radius 2 is 2.17 bits per heavy atom. The second kappa shape index (κ2) is 7.10. The molecule has 0 bridgehead atoms. The molecule has 2 atom stereocenters. The van der Waals surface area contributed by atoms with E-state index in [1.807, 2.05) is 27.7 Å². The van der Waals surface area contributed by atoms with E-state index in [1.54, 1.807) is 12.1 Å². The molecule has 8 heteroatoms. The molecule has 0 aliphatic heterocycles. The number of carbonyl (C=O) groups is 1. The van der Waals surface area contributed by atoms with Crippen molar-refractivity contribution in [3.8, 4) is 0 Å². The average molecular weight is 338 g/mol. The van der Waals surface area contributed by atoms with Crippen LogP contribution >= 0.6 is 11.3 Å². The van der Waals surface area contributed by atoms with Crippen molar-refractivity contribution in [1.29, 1.82) is 0 Å². The monoisotopic (exact) mass is 338 g/mol. The number of rotatable bonds is 5. The predicted octanol–water partition coefficient (Wildman–Crippen LogP) is 3.06. The van der Waals surface area contributed by atoms with Crippen LogP contribution in [-0.2, 0) is 5.41 Å². The van der Waals surface area contributed by atoms with Crippen LogP contribution < -0.4 is 10.6 Å². The second-order valence-electron chi connectivity index (χ2n) is 6.43. The predicted molar refractivity (Wildman–Crippen MR) is 88.5 cm³/mol. The van der Waals surface area contributed by atoms with E-state index in [1.165, 1.54) is 17.6 Å². The van der Waals surface area contributed by atoms with Gasteiger partial charge in [-0.1, -0.05) is 32.1 Å². The van der Waals surface area contributed by atoms with Gasteiger partial charge in [0, 0.05) is 17.9 Å². The van der Waals surface area contributed by atoms with Crippen LogP contribution in [0, 0.1) is 0 Å². The summed E-state index contributed by atoms with van der Waals surface area (Å²) in [6.45, 7) is 7.92. The third-order valence-corrected chi connectivity index (χ3v) is 4.38. The van der Waals surface area contributed by atoms with Gasteiger partial charge in [-0.15, -0.1) is 10.2 Å². The Morgan fingerprint density at radius 1 is 1.43 bits per heavy atom. The van der Waals surface area contributed by atoms with E-state index in [2.05, 4.69) is 20.8 Å². The number of hydrogen-bond donors (Lipinski definition) is 3. The van der Waals surface area contributed by atoms with Crippen LogP contribution in [0.5, 0.6) is 0 Å². The Kier molecular flexibility index (Phi) is 5.38. The molecule has 0 saturated heterocycles. The van der Waals surface area contributed by atoms with Gasteiger partial charge in [-0.2, -0.15) is 0 Å². The van der Waals surface area contributed by atoms with Gasteiger partial charge in [0.25, 0.3) is 0 Å². The van der Waals surface area contributed by atoms with Crippen LogP contribution in [0.3, 0.4) is 0 Å². The van der Waals surface area contributed by atoms with Crippen molar-refractivity contribution in [2.45, 2.75) is 51.7 Å². The Hall–Kier alpha value is -1.93. The molecule has 7 nitrogen and oxygen atoms in total. The first-order valence-electron chi connectivity index (χ1n) is 7.38. The Labute approximate surface area is 139 Å². The molecule has 2 aromatic rings. The molecule has 0 aliphatic rings. The third-order valence-electron chi connectivity index (χ3n) is 3.11. The van der Waals surface area contributed by atoms with Crippen LogP contribution in [0.1, 0.15) is 51.0 Å². The lowest BCUT2D eigenvalue weighted by atomic mass is 9.98. The number of carbonyl (C=O) groups excluding carboxylic acids is 1. The van der Waals surface area contributed by atoms with Gasteiger partial charge < -0.3 is 14.8 Å². The highest BCUT2D eigenvalue weighted by Crippen LogP contribution is 2.27. The Morgan fingerprint density at radius 3 is 2.74 bits per heavy atom. The molecule has 23 heavy (non-hydrogen) atoms. The molecule has 0 fully saturated rings. The summed E-state index contributed by atoms with van der Waals surface area (Å²) in [5.74, 6) is 0.484. The van der Waals surface area contributed by atoms with E-state index in [0.717, 1.165) is 5.01 Å². The van der Waals surface area contributed by atoms with E-state index < -0.39 is 6.10 Å². The maximum absolute atomic E-state index is 12.0. The lowest BCUT2D eigenvalue weighted by Crippen LogP contribution is -2.37. The molecule has 2 unspecified atom stereocenters. The van der Waals surface area contributed by atoms with Crippen LogP contribution in [0.25, 0.3) is 0 Å². The summed E-state index contributed by atoms with van der Waals surface area (Å²) in [6.07, 6.45) is 1.10. The minimum Gasteiger partial charge on any atom is -0.467 e.